The van der Waals surface area contributed by atoms with Crippen molar-refractivity contribution in [2.75, 3.05) is 7.11 Å². The van der Waals surface area contributed by atoms with Crippen molar-refractivity contribution in [3.8, 4) is 5.75 Å². The van der Waals surface area contributed by atoms with E-state index < -0.39 is 0 Å². The third kappa shape index (κ3) is 1.06. The zero-order valence-corrected chi connectivity index (χ0v) is 7.46. The van der Waals surface area contributed by atoms with Crippen LogP contribution in [0.15, 0.2) is 30.4 Å². The van der Waals surface area contributed by atoms with Gasteiger partial charge >= 0.3 is 0 Å². The topological polar surface area (TPSA) is 26.3 Å². The molecule has 0 saturated heterocycles. The molecule has 0 bridgehead atoms. The number of ether oxygens (including phenoxy) is 1. The van der Waals surface area contributed by atoms with Crippen molar-refractivity contribution >= 4 is 5.78 Å². The highest BCUT2D eigenvalue weighted by Gasteiger charge is 2.25. The van der Waals surface area contributed by atoms with Gasteiger partial charge in [0.2, 0.25) is 0 Å². The third-order valence-electron chi connectivity index (χ3n) is 2.31. The molecule has 1 aliphatic rings. The average Bonchev–Trinajstić information content (AvgIpc) is 2.43. The average molecular weight is 174 g/mol. The van der Waals surface area contributed by atoms with Crippen LogP contribution in [0.2, 0.25) is 0 Å². The number of rotatable bonds is 1. The molecule has 0 heterocycles. The van der Waals surface area contributed by atoms with E-state index in [1.165, 1.54) is 0 Å². The fraction of sp³-hybridized carbons (Fsp3) is 0.182. The van der Waals surface area contributed by atoms with Gasteiger partial charge in [0, 0.05) is 17.5 Å². The van der Waals surface area contributed by atoms with Gasteiger partial charge in [-0.05, 0) is 11.6 Å². The second kappa shape index (κ2) is 2.73. The number of hydrogen-bond acceptors (Lipinski definition) is 2. The lowest BCUT2D eigenvalue weighted by Gasteiger charge is -2.04. The van der Waals surface area contributed by atoms with Gasteiger partial charge in [-0.15, -0.1) is 0 Å². The van der Waals surface area contributed by atoms with Gasteiger partial charge in [-0.25, -0.2) is 0 Å². The van der Waals surface area contributed by atoms with E-state index in [1.807, 2.05) is 18.2 Å². The van der Waals surface area contributed by atoms with Gasteiger partial charge in [0.15, 0.2) is 5.78 Å². The largest absolute Gasteiger partial charge is 0.496 e. The zero-order valence-electron chi connectivity index (χ0n) is 7.46. The molecule has 66 valence electrons. The third-order valence-corrected chi connectivity index (χ3v) is 2.31. The first-order chi connectivity index (χ1) is 6.24. The lowest BCUT2D eigenvalue weighted by Crippen LogP contribution is -1.93. The minimum atomic E-state index is 0.0499. The minimum absolute atomic E-state index is 0.0499. The van der Waals surface area contributed by atoms with Crippen LogP contribution in [0.3, 0.4) is 0 Å². The number of allylic oxidation sites excluding steroid dienone is 1. The first-order valence-electron chi connectivity index (χ1n) is 4.12. The molecule has 0 amide bonds. The molecule has 0 unspecified atom stereocenters. The highest BCUT2D eigenvalue weighted by atomic mass is 16.5. The first kappa shape index (κ1) is 8.05. The molecular formula is C11H10O2. The maximum absolute atomic E-state index is 11.5. The Morgan fingerprint density at radius 3 is 2.92 bits per heavy atom. The van der Waals surface area contributed by atoms with Crippen molar-refractivity contribution in [3.63, 3.8) is 0 Å². The van der Waals surface area contributed by atoms with Crippen molar-refractivity contribution in [1.82, 2.24) is 0 Å². The Balaban J connectivity index is 2.62. The van der Waals surface area contributed by atoms with E-state index in [0.29, 0.717) is 12.0 Å². The maximum atomic E-state index is 11.5. The van der Waals surface area contributed by atoms with Gasteiger partial charge in [-0.3, -0.25) is 4.79 Å². The molecule has 0 aromatic heterocycles. The van der Waals surface area contributed by atoms with E-state index in [1.54, 1.807) is 7.11 Å². The number of carbonyl (C=O) groups is 1. The molecule has 2 heteroatoms. The molecule has 0 spiro atoms. The molecule has 1 aromatic rings. The summed E-state index contributed by atoms with van der Waals surface area (Å²) in [5, 5.41) is 0. The molecule has 2 rings (SSSR count). The molecule has 1 aliphatic carbocycles. The normalized spacial score (nSPS) is 14.5. The minimum Gasteiger partial charge on any atom is -0.496 e. The monoisotopic (exact) mass is 174 g/mol. The van der Waals surface area contributed by atoms with E-state index in [4.69, 9.17) is 4.74 Å². The van der Waals surface area contributed by atoms with Crippen molar-refractivity contribution < 1.29 is 9.53 Å². The fourth-order valence-electron chi connectivity index (χ4n) is 1.64. The lowest BCUT2D eigenvalue weighted by atomic mass is 10.1. The van der Waals surface area contributed by atoms with E-state index >= 15 is 0 Å². The first-order valence-corrected chi connectivity index (χ1v) is 4.12. The van der Waals surface area contributed by atoms with Crippen molar-refractivity contribution in [1.29, 1.82) is 0 Å². The summed E-state index contributed by atoms with van der Waals surface area (Å²) < 4.78 is 5.16. The molecular weight excluding hydrogens is 164 g/mol. The van der Waals surface area contributed by atoms with E-state index in [9.17, 15) is 4.79 Å². The number of fused-ring (bicyclic) bond motifs is 1. The number of benzene rings is 1. The molecule has 2 nitrogen and oxygen atoms in total. The molecule has 13 heavy (non-hydrogen) atoms. The van der Waals surface area contributed by atoms with Gasteiger partial charge < -0.3 is 4.74 Å². The summed E-state index contributed by atoms with van der Waals surface area (Å²) >= 11 is 0. The molecule has 0 radical (unpaired) electrons. The Labute approximate surface area is 76.8 Å². The van der Waals surface area contributed by atoms with E-state index in [0.717, 1.165) is 16.9 Å². The second-order valence-corrected chi connectivity index (χ2v) is 3.10. The van der Waals surface area contributed by atoms with Gasteiger partial charge in [0.05, 0.1) is 7.11 Å². The Morgan fingerprint density at radius 1 is 1.46 bits per heavy atom. The van der Waals surface area contributed by atoms with Crippen LogP contribution in [0, 0.1) is 0 Å². The summed E-state index contributed by atoms with van der Waals surface area (Å²) in [5.74, 6) is 0.832. The smallest absolute Gasteiger partial charge is 0.189 e. The summed E-state index contributed by atoms with van der Waals surface area (Å²) in [7, 11) is 1.61. The van der Waals surface area contributed by atoms with Gasteiger partial charge in [-0.2, -0.15) is 0 Å². The molecule has 0 atom stereocenters. The van der Waals surface area contributed by atoms with Crippen LogP contribution in [0.5, 0.6) is 5.75 Å². The van der Waals surface area contributed by atoms with Gasteiger partial charge in [0.1, 0.15) is 5.75 Å². The summed E-state index contributed by atoms with van der Waals surface area (Å²) in [6.07, 6.45) is 0.623. The number of ketones is 1. The summed E-state index contributed by atoms with van der Waals surface area (Å²) in [6, 6.07) is 5.51. The highest BCUT2D eigenvalue weighted by Crippen LogP contribution is 2.32. The van der Waals surface area contributed by atoms with Crippen molar-refractivity contribution in [3.05, 3.63) is 41.5 Å². The van der Waals surface area contributed by atoms with Crippen molar-refractivity contribution in [2.45, 2.75) is 6.42 Å². The Morgan fingerprint density at radius 2 is 2.23 bits per heavy atom. The quantitative estimate of drug-likeness (QED) is 0.608. The number of methoxy groups -OCH3 is 1. The van der Waals surface area contributed by atoms with Crippen molar-refractivity contribution in [2.24, 2.45) is 0 Å². The lowest BCUT2D eigenvalue weighted by molar-refractivity contribution is 0.104. The standard InChI is InChI=1S/C11H10O2/c1-7-6-9-8(11(7)12)4-3-5-10(9)13-2/h3-5H,1,6H2,2H3. The zero-order chi connectivity index (χ0) is 9.42. The number of Topliss-reactive ketones (excluding diaryl/α,β-unsaturated/α-hetero) is 1. The Hall–Kier alpha value is -1.57. The maximum Gasteiger partial charge on any atom is 0.189 e. The van der Waals surface area contributed by atoms with Crippen LogP contribution in [-0.2, 0) is 6.42 Å². The van der Waals surface area contributed by atoms with Crippen LogP contribution in [0.4, 0.5) is 0 Å². The molecule has 0 saturated carbocycles. The SMILES string of the molecule is C=C1Cc2c(OC)cccc2C1=O. The molecule has 0 fully saturated rings. The fourth-order valence-corrected chi connectivity index (χ4v) is 1.64. The van der Waals surface area contributed by atoms with Gasteiger partial charge in [-0.1, -0.05) is 18.7 Å². The molecule has 0 aliphatic heterocycles. The van der Waals surface area contributed by atoms with Gasteiger partial charge in [0.25, 0.3) is 0 Å². The van der Waals surface area contributed by atoms with Crippen LogP contribution in [-0.4, -0.2) is 12.9 Å². The Bertz CT molecular complexity index is 391. The summed E-state index contributed by atoms with van der Waals surface area (Å²) in [4.78, 5) is 11.5. The highest BCUT2D eigenvalue weighted by molar-refractivity contribution is 6.13. The molecule has 0 N–H and O–H groups in total. The van der Waals surface area contributed by atoms with Crippen LogP contribution >= 0.6 is 0 Å². The van der Waals surface area contributed by atoms with Crippen LogP contribution in [0.25, 0.3) is 0 Å². The number of carbonyl (C=O) groups excluding carboxylic acids is 1. The van der Waals surface area contributed by atoms with E-state index in [2.05, 4.69) is 6.58 Å². The number of hydrogen-bond donors (Lipinski definition) is 0. The molecule has 1 aromatic carbocycles. The van der Waals surface area contributed by atoms with Crippen LogP contribution < -0.4 is 4.74 Å². The van der Waals surface area contributed by atoms with E-state index in [-0.39, 0.29) is 5.78 Å². The summed E-state index contributed by atoms with van der Waals surface area (Å²) in [5.41, 5.74) is 2.36. The predicted octanol–water partition coefficient (Wildman–Crippen LogP) is 1.99. The summed E-state index contributed by atoms with van der Waals surface area (Å²) in [6.45, 7) is 3.72. The van der Waals surface area contributed by atoms with Crippen LogP contribution in [0.1, 0.15) is 15.9 Å². The Kier molecular flexibility index (Phi) is 1.69. The second-order valence-electron chi connectivity index (χ2n) is 3.10. The predicted molar refractivity (Wildman–Crippen MR) is 50.2 cm³/mol.